The van der Waals surface area contributed by atoms with Crippen LogP contribution < -0.4 is 10.1 Å². The second-order valence-electron chi connectivity index (χ2n) is 9.17. The van der Waals surface area contributed by atoms with Crippen LogP contribution in [0.3, 0.4) is 0 Å². The van der Waals surface area contributed by atoms with Gasteiger partial charge in [0, 0.05) is 24.2 Å². The van der Waals surface area contributed by atoms with Crippen LogP contribution in [0.25, 0.3) is 0 Å². The molecule has 0 atom stereocenters. The third-order valence-electron chi connectivity index (χ3n) is 5.73. The Kier molecular flexibility index (Phi) is 11.6. The smallest absolute Gasteiger partial charge is 0.490 e. The summed E-state index contributed by atoms with van der Waals surface area (Å²) in [5.41, 5.74) is 1.74. The van der Waals surface area contributed by atoms with Crippen LogP contribution in [0.2, 0.25) is 5.02 Å². The second-order valence-corrected chi connectivity index (χ2v) is 9.58. The SMILES string of the molecule is CC(C)Oc1ccc(CNC(=O)N(Cc2ccc(F)cc2Cl)C2CCN(C)CC2)cc1.O=C(O)C(F)(F)F. The molecule has 2 amide bonds. The number of carboxylic acids is 1. The normalized spacial score (nSPS) is 14.4. The molecule has 210 valence electrons. The Balaban J connectivity index is 0.000000638. The molecule has 7 nitrogen and oxygen atoms in total. The maximum absolute atomic E-state index is 13.5. The number of hydrogen-bond donors (Lipinski definition) is 2. The summed E-state index contributed by atoms with van der Waals surface area (Å²) in [5.74, 6) is -2.33. The number of hydrogen-bond acceptors (Lipinski definition) is 4. The lowest BCUT2D eigenvalue weighted by atomic mass is 10.0. The third kappa shape index (κ3) is 10.4. The molecule has 0 spiro atoms. The first-order valence-electron chi connectivity index (χ1n) is 12.0. The fourth-order valence-electron chi connectivity index (χ4n) is 3.74. The number of nitrogens with one attached hydrogen (secondary N) is 1. The first-order valence-corrected chi connectivity index (χ1v) is 12.4. The summed E-state index contributed by atoms with van der Waals surface area (Å²) in [4.78, 5) is 26.1. The van der Waals surface area contributed by atoms with E-state index < -0.39 is 12.1 Å². The van der Waals surface area contributed by atoms with Gasteiger partial charge >= 0.3 is 18.2 Å². The molecule has 1 aliphatic heterocycles. The van der Waals surface area contributed by atoms with Crippen molar-refractivity contribution in [3.63, 3.8) is 0 Å². The summed E-state index contributed by atoms with van der Waals surface area (Å²) in [6, 6.07) is 12.0. The Morgan fingerprint density at radius 2 is 1.74 bits per heavy atom. The first kappa shape index (κ1) is 31.2. The molecule has 2 N–H and O–H groups in total. The standard InChI is InChI=1S/C24H31ClFN3O2.C2HF3O2/c1-17(2)31-22-8-4-18(5-9-22)15-27-24(30)29(21-10-12-28(3)13-11-21)16-19-6-7-20(26)14-23(19)25;3-2(4,5)1(6)7/h4-9,14,17,21H,10-13,15-16H2,1-3H3,(H,27,30);(H,6,7). The minimum absolute atomic E-state index is 0.110. The van der Waals surface area contributed by atoms with Crippen molar-refractivity contribution in [2.24, 2.45) is 0 Å². The molecule has 2 aromatic rings. The predicted octanol–water partition coefficient (Wildman–Crippen LogP) is 5.71. The lowest BCUT2D eigenvalue weighted by Crippen LogP contribution is -2.49. The van der Waals surface area contributed by atoms with Crippen molar-refractivity contribution in [2.75, 3.05) is 20.1 Å². The van der Waals surface area contributed by atoms with E-state index in [1.807, 2.05) is 43.0 Å². The number of nitrogens with zero attached hydrogens (tertiary/aromatic N) is 2. The number of carbonyl (C=O) groups excluding carboxylic acids is 1. The van der Waals surface area contributed by atoms with Crippen LogP contribution in [0.5, 0.6) is 5.75 Å². The van der Waals surface area contributed by atoms with Gasteiger partial charge in [0.2, 0.25) is 0 Å². The molecule has 0 unspecified atom stereocenters. The molecule has 2 aromatic carbocycles. The molecule has 0 bridgehead atoms. The van der Waals surface area contributed by atoms with Gasteiger partial charge in [0.1, 0.15) is 11.6 Å². The number of ether oxygens (including phenoxy) is 1. The largest absolute Gasteiger partial charge is 0.491 e. The molecule has 1 saturated heterocycles. The number of benzene rings is 2. The van der Waals surface area contributed by atoms with Crippen LogP contribution in [0.15, 0.2) is 42.5 Å². The van der Waals surface area contributed by atoms with E-state index in [2.05, 4.69) is 17.3 Å². The summed E-state index contributed by atoms with van der Waals surface area (Å²) in [5, 5.41) is 10.5. The molecule has 38 heavy (non-hydrogen) atoms. The Hall–Kier alpha value is -3.05. The predicted molar refractivity (Wildman–Crippen MR) is 136 cm³/mol. The highest BCUT2D eigenvalue weighted by molar-refractivity contribution is 6.31. The number of halogens is 5. The van der Waals surface area contributed by atoms with Crippen LogP contribution in [-0.2, 0) is 17.9 Å². The number of carbonyl (C=O) groups is 2. The fourth-order valence-corrected chi connectivity index (χ4v) is 3.97. The molecule has 1 aliphatic rings. The van der Waals surface area contributed by atoms with Gasteiger partial charge in [-0.3, -0.25) is 0 Å². The van der Waals surface area contributed by atoms with Crippen molar-refractivity contribution in [2.45, 2.75) is 58.1 Å². The Morgan fingerprint density at radius 3 is 2.24 bits per heavy atom. The lowest BCUT2D eigenvalue weighted by molar-refractivity contribution is -0.192. The number of piperidine rings is 1. The van der Waals surface area contributed by atoms with Gasteiger partial charge in [0.15, 0.2) is 0 Å². The number of carboxylic acid groups (broad SMARTS) is 1. The zero-order chi connectivity index (χ0) is 28.5. The molecule has 0 radical (unpaired) electrons. The van der Waals surface area contributed by atoms with Crippen molar-refractivity contribution in [3.05, 3.63) is 64.4 Å². The summed E-state index contributed by atoms with van der Waals surface area (Å²) >= 11 is 6.25. The molecule has 0 aromatic heterocycles. The van der Waals surface area contributed by atoms with E-state index in [-0.39, 0.29) is 24.0 Å². The monoisotopic (exact) mass is 561 g/mol. The molecule has 0 aliphatic carbocycles. The highest BCUT2D eigenvalue weighted by Crippen LogP contribution is 2.24. The fraction of sp³-hybridized carbons (Fsp3) is 0.462. The van der Waals surface area contributed by atoms with Gasteiger partial charge in [-0.05, 0) is 82.2 Å². The van der Waals surface area contributed by atoms with E-state index in [4.69, 9.17) is 26.2 Å². The van der Waals surface area contributed by atoms with Crippen molar-refractivity contribution < 1.29 is 37.0 Å². The maximum Gasteiger partial charge on any atom is 0.490 e. The molecule has 0 saturated carbocycles. The highest BCUT2D eigenvalue weighted by atomic mass is 35.5. The molecular formula is C26H32ClF4N3O4. The molecular weight excluding hydrogens is 530 g/mol. The number of rotatable bonds is 7. The quantitative estimate of drug-likeness (QED) is 0.424. The Labute approximate surface area is 224 Å². The minimum atomic E-state index is -5.08. The van der Waals surface area contributed by atoms with Gasteiger partial charge in [-0.2, -0.15) is 13.2 Å². The molecule has 1 fully saturated rings. The Bertz CT molecular complexity index is 1060. The third-order valence-corrected chi connectivity index (χ3v) is 6.08. The number of urea groups is 1. The van der Waals surface area contributed by atoms with Crippen molar-refractivity contribution >= 4 is 23.6 Å². The summed E-state index contributed by atoms with van der Waals surface area (Å²) in [7, 11) is 2.09. The number of likely N-dealkylation sites (tertiary alicyclic amines) is 1. The van der Waals surface area contributed by atoms with Crippen LogP contribution >= 0.6 is 11.6 Å². The highest BCUT2D eigenvalue weighted by Gasteiger charge is 2.38. The zero-order valence-electron chi connectivity index (χ0n) is 21.4. The number of aliphatic carboxylic acids is 1. The van der Waals surface area contributed by atoms with Crippen LogP contribution in [-0.4, -0.2) is 65.4 Å². The van der Waals surface area contributed by atoms with Crippen molar-refractivity contribution in [1.29, 1.82) is 0 Å². The second kappa shape index (κ2) is 14.2. The van der Waals surface area contributed by atoms with E-state index in [9.17, 15) is 22.4 Å². The van der Waals surface area contributed by atoms with Gasteiger partial charge in [-0.1, -0.05) is 29.8 Å². The van der Waals surface area contributed by atoms with Gasteiger partial charge in [0.05, 0.1) is 6.10 Å². The van der Waals surface area contributed by atoms with Crippen LogP contribution in [0.1, 0.15) is 37.8 Å². The van der Waals surface area contributed by atoms with Gasteiger partial charge < -0.3 is 25.0 Å². The van der Waals surface area contributed by atoms with Crippen LogP contribution in [0.4, 0.5) is 22.4 Å². The van der Waals surface area contributed by atoms with E-state index in [0.717, 1.165) is 42.8 Å². The molecule has 3 rings (SSSR count). The number of alkyl halides is 3. The van der Waals surface area contributed by atoms with E-state index in [1.165, 1.54) is 12.1 Å². The number of amides is 2. The first-order chi connectivity index (χ1) is 17.8. The van der Waals surface area contributed by atoms with Crippen molar-refractivity contribution in [1.82, 2.24) is 15.1 Å². The van der Waals surface area contributed by atoms with E-state index >= 15 is 0 Å². The van der Waals surface area contributed by atoms with Crippen molar-refractivity contribution in [3.8, 4) is 5.75 Å². The minimum Gasteiger partial charge on any atom is -0.491 e. The van der Waals surface area contributed by atoms with Gasteiger partial charge in [-0.15, -0.1) is 0 Å². The topological polar surface area (TPSA) is 82.1 Å². The van der Waals surface area contributed by atoms with Gasteiger partial charge in [0.25, 0.3) is 0 Å². The molecule has 12 heteroatoms. The lowest BCUT2D eigenvalue weighted by Gasteiger charge is -2.37. The van der Waals surface area contributed by atoms with Gasteiger partial charge in [-0.25, -0.2) is 14.0 Å². The maximum atomic E-state index is 13.5. The zero-order valence-corrected chi connectivity index (χ0v) is 22.2. The Morgan fingerprint density at radius 1 is 1.16 bits per heavy atom. The molecule has 1 heterocycles. The average molecular weight is 562 g/mol. The van der Waals surface area contributed by atoms with E-state index in [1.54, 1.807) is 6.07 Å². The summed E-state index contributed by atoms with van der Waals surface area (Å²) < 4.78 is 50.9. The van der Waals surface area contributed by atoms with Crippen LogP contribution in [0, 0.1) is 5.82 Å². The summed E-state index contributed by atoms with van der Waals surface area (Å²) in [6.07, 6.45) is -3.18. The summed E-state index contributed by atoms with van der Waals surface area (Å²) in [6.45, 7) is 6.60. The van der Waals surface area contributed by atoms with E-state index in [0.29, 0.717) is 18.1 Å². The average Bonchev–Trinajstić information content (AvgIpc) is 2.83.